The van der Waals surface area contributed by atoms with Gasteiger partial charge in [-0.3, -0.25) is 0 Å². The molecule has 0 aliphatic carbocycles. The van der Waals surface area contributed by atoms with Crippen LogP contribution >= 0.6 is 12.4 Å². The summed E-state index contributed by atoms with van der Waals surface area (Å²) in [6.07, 6.45) is 0. The van der Waals surface area contributed by atoms with Crippen LogP contribution in [0.5, 0.6) is 5.75 Å². The Kier molecular flexibility index (Phi) is 4.94. The van der Waals surface area contributed by atoms with Crippen LogP contribution in [0.1, 0.15) is 23.1 Å². The predicted molar refractivity (Wildman–Crippen MR) is 54.4 cm³/mol. The predicted octanol–water partition coefficient (Wildman–Crippen LogP) is 1.91. The maximum absolute atomic E-state index is 10.7. The van der Waals surface area contributed by atoms with E-state index in [1.54, 1.807) is 26.0 Å². The number of aryl methyl sites for hydroxylation is 1. The lowest BCUT2D eigenvalue weighted by Crippen LogP contribution is -2.06. The number of pyridine rings is 1. The molecule has 78 valence electrons. The Bertz CT molecular complexity index is 328. The Hall–Kier alpha value is -1.29. The Morgan fingerprint density at radius 1 is 1.57 bits per heavy atom. The number of hydrogen-bond donors (Lipinski definition) is 1. The molecule has 0 atom stereocenters. The first-order valence-corrected chi connectivity index (χ1v) is 3.99. The number of aromatic carboxylic acids is 1. The normalized spacial score (nSPS) is 9.00. The zero-order valence-corrected chi connectivity index (χ0v) is 8.80. The van der Waals surface area contributed by atoms with Gasteiger partial charge in [0.15, 0.2) is 11.4 Å². The van der Waals surface area contributed by atoms with Crippen LogP contribution in [0.25, 0.3) is 0 Å². The number of halogens is 1. The second kappa shape index (κ2) is 5.44. The van der Waals surface area contributed by atoms with Gasteiger partial charge in [0.25, 0.3) is 0 Å². The van der Waals surface area contributed by atoms with Gasteiger partial charge in [-0.2, -0.15) is 0 Å². The largest absolute Gasteiger partial charge is 0.491 e. The number of carboxylic acids is 1. The standard InChI is InChI=1S/C9H11NO3.ClH/c1-3-13-7-5-4-6(2)10-8(7)9(11)12;/h4-5H,3H2,1-2H3,(H,11,12);1H. The number of rotatable bonds is 3. The van der Waals surface area contributed by atoms with E-state index in [1.165, 1.54) is 0 Å². The monoisotopic (exact) mass is 217 g/mol. The summed E-state index contributed by atoms with van der Waals surface area (Å²) in [4.78, 5) is 14.6. The lowest BCUT2D eigenvalue weighted by molar-refractivity contribution is 0.0685. The number of carbonyl (C=O) groups is 1. The van der Waals surface area contributed by atoms with Crippen molar-refractivity contribution >= 4 is 18.4 Å². The minimum atomic E-state index is -1.06. The van der Waals surface area contributed by atoms with Crippen LogP contribution in [0.3, 0.4) is 0 Å². The van der Waals surface area contributed by atoms with Crippen LogP contribution in [0, 0.1) is 6.92 Å². The molecule has 1 rings (SSSR count). The highest BCUT2D eigenvalue weighted by atomic mass is 35.5. The van der Waals surface area contributed by atoms with Crippen molar-refractivity contribution < 1.29 is 14.6 Å². The van der Waals surface area contributed by atoms with Gasteiger partial charge in [-0.05, 0) is 26.0 Å². The molecule has 0 amide bonds. The molecule has 14 heavy (non-hydrogen) atoms. The first-order valence-electron chi connectivity index (χ1n) is 3.99. The molecule has 1 aromatic heterocycles. The third-order valence-electron chi connectivity index (χ3n) is 1.50. The molecule has 1 N–H and O–H groups in total. The van der Waals surface area contributed by atoms with E-state index in [2.05, 4.69) is 4.98 Å². The molecule has 0 aromatic carbocycles. The smallest absolute Gasteiger partial charge is 0.358 e. The number of nitrogens with zero attached hydrogens (tertiary/aromatic N) is 1. The van der Waals surface area contributed by atoms with Crippen molar-refractivity contribution in [2.75, 3.05) is 6.61 Å². The molecule has 0 aliphatic heterocycles. The molecule has 0 radical (unpaired) electrons. The lowest BCUT2D eigenvalue weighted by Gasteiger charge is -2.05. The van der Waals surface area contributed by atoms with E-state index < -0.39 is 5.97 Å². The van der Waals surface area contributed by atoms with E-state index in [0.29, 0.717) is 18.1 Å². The SMILES string of the molecule is CCOc1ccc(C)nc1C(=O)O.Cl. The molecular formula is C9H12ClNO3. The zero-order chi connectivity index (χ0) is 9.84. The average Bonchev–Trinajstić information content (AvgIpc) is 2.08. The van der Waals surface area contributed by atoms with Crippen LogP contribution in [-0.4, -0.2) is 22.7 Å². The summed E-state index contributed by atoms with van der Waals surface area (Å²) in [6, 6.07) is 3.34. The number of aromatic nitrogens is 1. The average molecular weight is 218 g/mol. The van der Waals surface area contributed by atoms with Gasteiger partial charge in [0.2, 0.25) is 0 Å². The molecule has 0 spiro atoms. The van der Waals surface area contributed by atoms with Gasteiger partial charge >= 0.3 is 5.97 Å². The molecule has 4 nitrogen and oxygen atoms in total. The number of hydrogen-bond acceptors (Lipinski definition) is 3. The molecule has 5 heteroatoms. The van der Waals surface area contributed by atoms with Gasteiger partial charge in [-0.25, -0.2) is 9.78 Å². The van der Waals surface area contributed by atoms with Gasteiger partial charge in [0.05, 0.1) is 6.61 Å². The molecule has 1 heterocycles. The van der Waals surface area contributed by atoms with Crippen molar-refractivity contribution in [1.82, 2.24) is 4.98 Å². The highest BCUT2D eigenvalue weighted by molar-refractivity contribution is 5.88. The van der Waals surface area contributed by atoms with E-state index in [0.717, 1.165) is 0 Å². The quantitative estimate of drug-likeness (QED) is 0.840. The summed E-state index contributed by atoms with van der Waals surface area (Å²) in [5, 5.41) is 8.77. The van der Waals surface area contributed by atoms with E-state index in [9.17, 15) is 4.79 Å². The Balaban J connectivity index is 0.00000169. The van der Waals surface area contributed by atoms with Crippen molar-refractivity contribution in [3.05, 3.63) is 23.5 Å². The fraction of sp³-hybridized carbons (Fsp3) is 0.333. The topological polar surface area (TPSA) is 59.4 Å². The molecule has 1 aromatic rings. The molecular weight excluding hydrogens is 206 g/mol. The highest BCUT2D eigenvalue weighted by Gasteiger charge is 2.12. The molecule has 0 saturated carbocycles. The Labute approximate surface area is 88.3 Å². The Morgan fingerprint density at radius 2 is 2.21 bits per heavy atom. The van der Waals surface area contributed by atoms with Gasteiger partial charge < -0.3 is 9.84 Å². The molecule has 0 saturated heterocycles. The fourth-order valence-corrected chi connectivity index (χ4v) is 0.969. The van der Waals surface area contributed by atoms with Crippen molar-refractivity contribution in [3.63, 3.8) is 0 Å². The van der Waals surface area contributed by atoms with Crippen LogP contribution in [0.15, 0.2) is 12.1 Å². The lowest BCUT2D eigenvalue weighted by atomic mass is 10.3. The van der Waals surface area contributed by atoms with Crippen LogP contribution in [0.2, 0.25) is 0 Å². The maximum Gasteiger partial charge on any atom is 0.358 e. The van der Waals surface area contributed by atoms with E-state index >= 15 is 0 Å². The van der Waals surface area contributed by atoms with E-state index in [4.69, 9.17) is 9.84 Å². The second-order valence-corrected chi connectivity index (χ2v) is 2.54. The fourth-order valence-electron chi connectivity index (χ4n) is 0.969. The summed E-state index contributed by atoms with van der Waals surface area (Å²) in [7, 11) is 0. The van der Waals surface area contributed by atoms with Crippen LogP contribution in [-0.2, 0) is 0 Å². The molecule has 0 unspecified atom stereocenters. The van der Waals surface area contributed by atoms with E-state index in [1.807, 2.05) is 0 Å². The van der Waals surface area contributed by atoms with Crippen molar-refractivity contribution in [2.45, 2.75) is 13.8 Å². The Morgan fingerprint density at radius 3 is 2.71 bits per heavy atom. The molecule has 0 aliphatic rings. The van der Waals surface area contributed by atoms with Crippen LogP contribution < -0.4 is 4.74 Å². The van der Waals surface area contributed by atoms with Crippen molar-refractivity contribution in [2.24, 2.45) is 0 Å². The third-order valence-corrected chi connectivity index (χ3v) is 1.50. The third kappa shape index (κ3) is 2.88. The minimum absolute atomic E-state index is 0. The van der Waals surface area contributed by atoms with Crippen molar-refractivity contribution in [1.29, 1.82) is 0 Å². The van der Waals surface area contributed by atoms with Gasteiger partial charge in [0.1, 0.15) is 0 Å². The zero-order valence-electron chi connectivity index (χ0n) is 7.98. The highest BCUT2D eigenvalue weighted by Crippen LogP contribution is 2.16. The summed E-state index contributed by atoms with van der Waals surface area (Å²) in [6.45, 7) is 3.97. The first kappa shape index (κ1) is 12.7. The van der Waals surface area contributed by atoms with Gasteiger partial charge in [-0.1, -0.05) is 0 Å². The van der Waals surface area contributed by atoms with Gasteiger partial charge in [0, 0.05) is 5.69 Å². The second-order valence-electron chi connectivity index (χ2n) is 2.54. The summed E-state index contributed by atoms with van der Waals surface area (Å²) in [5.74, 6) is -0.743. The van der Waals surface area contributed by atoms with E-state index in [-0.39, 0.29) is 18.1 Å². The molecule has 0 bridgehead atoms. The summed E-state index contributed by atoms with van der Waals surface area (Å²) in [5.41, 5.74) is 0.641. The van der Waals surface area contributed by atoms with Gasteiger partial charge in [-0.15, -0.1) is 12.4 Å². The number of ether oxygens (including phenoxy) is 1. The minimum Gasteiger partial charge on any atom is -0.491 e. The maximum atomic E-state index is 10.7. The summed E-state index contributed by atoms with van der Waals surface area (Å²) < 4.78 is 5.11. The number of carboxylic acid groups (broad SMARTS) is 1. The van der Waals surface area contributed by atoms with Crippen LogP contribution in [0.4, 0.5) is 0 Å². The summed E-state index contributed by atoms with van der Waals surface area (Å²) >= 11 is 0. The first-order chi connectivity index (χ1) is 6.15. The molecule has 0 fully saturated rings. The van der Waals surface area contributed by atoms with Crippen molar-refractivity contribution in [3.8, 4) is 5.75 Å².